The van der Waals surface area contributed by atoms with Gasteiger partial charge in [-0.15, -0.1) is 0 Å². The van der Waals surface area contributed by atoms with Crippen LogP contribution in [-0.4, -0.2) is 50.0 Å². The Bertz CT molecular complexity index is 2670. The Balaban J connectivity index is 1.49. The maximum absolute atomic E-state index is 15.5. The molecule has 1 aliphatic rings. The molecule has 11 heteroatoms. The van der Waals surface area contributed by atoms with Gasteiger partial charge >= 0.3 is 0 Å². The molecule has 1 aliphatic heterocycles. The third-order valence-electron chi connectivity index (χ3n) is 11.3. The number of fused-ring (bicyclic) bond motifs is 2. The van der Waals surface area contributed by atoms with E-state index in [0.29, 0.717) is 69.6 Å². The molecule has 5 heterocycles. The van der Waals surface area contributed by atoms with Crippen molar-refractivity contribution in [2.24, 2.45) is 0 Å². The second kappa shape index (κ2) is 14.6. The minimum absolute atomic E-state index is 0.215. The number of hydrogen-bond acceptors (Lipinski definition) is 6. The van der Waals surface area contributed by atoms with E-state index in [1.54, 1.807) is 55.7 Å². The van der Waals surface area contributed by atoms with Gasteiger partial charge in [0.1, 0.15) is 28.7 Å². The number of hydrogen-bond donors (Lipinski definition) is 1. The molecule has 0 aliphatic carbocycles. The maximum Gasteiger partial charge on any atom is 0.211 e. The number of nitrogens with one attached hydrogen (secondary N) is 1. The maximum atomic E-state index is 15.5. The van der Waals surface area contributed by atoms with E-state index in [0.717, 1.165) is 39.7 Å². The number of nitrogens with zero attached hydrogens (tertiary/aromatic N) is 5. The molecular formula is C47H40F2N6O3. The molecule has 0 radical (unpaired) electrons. The molecule has 0 atom stereocenters. The summed E-state index contributed by atoms with van der Waals surface area (Å²) in [5.41, 5.74) is 4.93. The zero-order chi connectivity index (χ0) is 40.1. The first kappa shape index (κ1) is 36.8. The number of amides is 1. The fourth-order valence-corrected chi connectivity index (χ4v) is 8.49. The first-order valence-corrected chi connectivity index (χ1v) is 19.1. The van der Waals surface area contributed by atoms with Crippen molar-refractivity contribution in [2.45, 2.75) is 33.2 Å². The molecule has 1 fully saturated rings. The van der Waals surface area contributed by atoms with Crippen molar-refractivity contribution in [3.05, 3.63) is 167 Å². The van der Waals surface area contributed by atoms with Crippen LogP contribution in [0.15, 0.2) is 122 Å². The molecule has 290 valence electrons. The lowest BCUT2D eigenvalue weighted by molar-refractivity contribution is -0.124. The Labute approximate surface area is 334 Å². The monoisotopic (exact) mass is 774 g/mol. The Morgan fingerprint density at radius 2 is 1.12 bits per heavy atom. The minimum atomic E-state index is -1.38. The molecule has 9 nitrogen and oxygen atoms in total. The third kappa shape index (κ3) is 5.72. The van der Waals surface area contributed by atoms with Crippen LogP contribution in [0.2, 0.25) is 0 Å². The highest BCUT2D eigenvalue weighted by Crippen LogP contribution is 2.55. The SMILES string of the molecule is Cc1ccc(F)c(C)c1Oc1c(C2(c3c(Oc4c(C)ccc(F)c4C)n(-c4ccccc4)c4cnccc34)CNCCN2C=O)c2ccncc2n1-c1ccccc1. The lowest BCUT2D eigenvalue weighted by atomic mass is 9.79. The summed E-state index contributed by atoms with van der Waals surface area (Å²) >= 11 is 0. The van der Waals surface area contributed by atoms with Crippen LogP contribution >= 0.6 is 0 Å². The lowest BCUT2D eigenvalue weighted by Gasteiger charge is -2.46. The summed E-state index contributed by atoms with van der Waals surface area (Å²) < 4.78 is 49.2. The molecule has 4 aromatic heterocycles. The van der Waals surface area contributed by atoms with E-state index in [-0.39, 0.29) is 6.54 Å². The van der Waals surface area contributed by atoms with Crippen LogP contribution in [0.1, 0.15) is 33.4 Å². The lowest BCUT2D eigenvalue weighted by Crippen LogP contribution is -2.59. The standard InChI is InChI=1S/C47H40F2N6O3/c1-29-15-17-37(48)31(3)43(29)57-45-41(35-19-21-50-25-39(35)54(45)33-11-7-5-8-12-33)47(27-52-23-24-53(47)28-56)42-36-20-22-51-26-40(36)55(34-13-9-6-10-14-34)46(42)58-44-30(2)16-18-38(49)32(44)4/h5-22,25-26,28,52H,23-24,27H2,1-4H3. The summed E-state index contributed by atoms with van der Waals surface area (Å²) in [6, 6.07) is 29.6. The second-order valence-electron chi connectivity index (χ2n) is 14.7. The van der Waals surface area contributed by atoms with E-state index in [4.69, 9.17) is 9.47 Å². The Morgan fingerprint density at radius 1 is 0.655 bits per heavy atom. The fraction of sp³-hybridized carbons (Fsp3) is 0.170. The van der Waals surface area contributed by atoms with Gasteiger partial charge < -0.3 is 19.7 Å². The van der Waals surface area contributed by atoms with E-state index in [1.807, 2.05) is 95.8 Å². The molecule has 0 bridgehead atoms. The first-order chi connectivity index (χ1) is 28.2. The number of pyridine rings is 2. The van der Waals surface area contributed by atoms with Crippen LogP contribution in [0.3, 0.4) is 0 Å². The second-order valence-corrected chi connectivity index (χ2v) is 14.7. The number of benzene rings is 4. The number of carbonyl (C=O) groups excluding carboxylic acids is 1. The van der Waals surface area contributed by atoms with E-state index >= 15 is 8.78 Å². The number of aromatic nitrogens is 4. The molecule has 1 N–H and O–H groups in total. The highest BCUT2D eigenvalue weighted by Gasteiger charge is 2.51. The van der Waals surface area contributed by atoms with Crippen LogP contribution < -0.4 is 14.8 Å². The third-order valence-corrected chi connectivity index (χ3v) is 11.3. The summed E-state index contributed by atoms with van der Waals surface area (Å²) in [7, 11) is 0. The largest absolute Gasteiger partial charge is 0.439 e. The Hall–Kier alpha value is -6.85. The smallest absolute Gasteiger partial charge is 0.211 e. The topological polar surface area (TPSA) is 86.4 Å². The number of ether oxygens (including phenoxy) is 2. The van der Waals surface area contributed by atoms with Gasteiger partial charge in [-0.3, -0.25) is 23.9 Å². The molecule has 1 amide bonds. The van der Waals surface area contributed by atoms with Gasteiger partial charge in [-0.25, -0.2) is 8.78 Å². The summed E-state index contributed by atoms with van der Waals surface area (Å²) in [6.45, 7) is 8.18. The number of piperazine rings is 1. The van der Waals surface area contributed by atoms with E-state index in [1.165, 1.54) is 12.1 Å². The van der Waals surface area contributed by atoms with Crippen LogP contribution in [-0.2, 0) is 10.3 Å². The van der Waals surface area contributed by atoms with Gasteiger partial charge in [0.15, 0.2) is 0 Å². The summed E-state index contributed by atoms with van der Waals surface area (Å²) in [6.07, 6.45) is 7.84. The van der Waals surface area contributed by atoms with Crippen molar-refractivity contribution < 1.29 is 23.0 Å². The average molecular weight is 775 g/mol. The molecular weight excluding hydrogens is 735 g/mol. The van der Waals surface area contributed by atoms with Crippen molar-refractivity contribution in [1.29, 1.82) is 0 Å². The number of aryl methyl sites for hydroxylation is 2. The Kier molecular flexibility index (Phi) is 9.24. The molecule has 58 heavy (non-hydrogen) atoms. The van der Waals surface area contributed by atoms with Gasteiger partial charge in [0, 0.05) is 65.3 Å². The van der Waals surface area contributed by atoms with Gasteiger partial charge in [-0.2, -0.15) is 0 Å². The molecule has 8 aromatic rings. The van der Waals surface area contributed by atoms with Crippen molar-refractivity contribution >= 4 is 28.2 Å². The molecule has 0 spiro atoms. The van der Waals surface area contributed by atoms with Crippen LogP contribution in [0.4, 0.5) is 8.78 Å². The number of halogens is 2. The van der Waals surface area contributed by atoms with Gasteiger partial charge in [0.2, 0.25) is 18.2 Å². The number of rotatable bonds is 9. The van der Waals surface area contributed by atoms with E-state index < -0.39 is 17.2 Å². The van der Waals surface area contributed by atoms with Crippen LogP contribution in [0, 0.1) is 39.3 Å². The van der Waals surface area contributed by atoms with Gasteiger partial charge in [-0.05, 0) is 87.4 Å². The van der Waals surface area contributed by atoms with E-state index in [9.17, 15) is 4.79 Å². The van der Waals surface area contributed by atoms with Crippen LogP contribution in [0.25, 0.3) is 33.2 Å². The molecule has 0 unspecified atom stereocenters. The Morgan fingerprint density at radius 3 is 1.57 bits per heavy atom. The average Bonchev–Trinajstić information content (AvgIpc) is 3.77. The predicted molar refractivity (Wildman–Crippen MR) is 220 cm³/mol. The quantitative estimate of drug-likeness (QED) is 0.147. The summed E-state index contributed by atoms with van der Waals surface area (Å²) in [5.74, 6) is 0.600. The van der Waals surface area contributed by atoms with Gasteiger partial charge in [0.25, 0.3) is 0 Å². The van der Waals surface area contributed by atoms with Crippen molar-refractivity contribution in [2.75, 3.05) is 19.6 Å². The van der Waals surface area contributed by atoms with E-state index in [2.05, 4.69) is 15.3 Å². The van der Waals surface area contributed by atoms with Crippen molar-refractivity contribution in [1.82, 2.24) is 29.3 Å². The van der Waals surface area contributed by atoms with Gasteiger partial charge in [-0.1, -0.05) is 48.5 Å². The predicted octanol–water partition coefficient (Wildman–Crippen LogP) is 9.77. The normalized spacial score (nSPS) is 13.9. The minimum Gasteiger partial charge on any atom is -0.439 e. The molecule has 0 saturated carbocycles. The van der Waals surface area contributed by atoms with Crippen LogP contribution in [0.5, 0.6) is 23.3 Å². The highest BCUT2D eigenvalue weighted by molar-refractivity contribution is 5.95. The molecule has 1 saturated heterocycles. The highest BCUT2D eigenvalue weighted by atomic mass is 19.1. The number of para-hydroxylation sites is 2. The zero-order valence-corrected chi connectivity index (χ0v) is 32.5. The number of carbonyl (C=O) groups is 1. The fourth-order valence-electron chi connectivity index (χ4n) is 8.49. The van der Waals surface area contributed by atoms with Gasteiger partial charge in [0.05, 0.1) is 34.6 Å². The summed E-state index contributed by atoms with van der Waals surface area (Å²) in [5, 5.41) is 5.12. The molecule has 4 aromatic carbocycles. The van der Waals surface area contributed by atoms with Crippen molar-refractivity contribution in [3.63, 3.8) is 0 Å². The zero-order valence-electron chi connectivity index (χ0n) is 32.5. The molecule has 9 rings (SSSR count). The van der Waals surface area contributed by atoms with Crippen molar-refractivity contribution in [3.8, 4) is 34.6 Å². The summed E-state index contributed by atoms with van der Waals surface area (Å²) in [4.78, 5) is 24.8. The first-order valence-electron chi connectivity index (χ1n) is 19.1.